The van der Waals surface area contributed by atoms with Crippen molar-refractivity contribution < 1.29 is 23.8 Å². The highest BCUT2D eigenvalue weighted by Gasteiger charge is 2.23. The fraction of sp³-hybridized carbons (Fsp3) is 0.261. The fourth-order valence-corrected chi connectivity index (χ4v) is 3.33. The van der Waals surface area contributed by atoms with Crippen molar-refractivity contribution in [2.45, 2.75) is 26.8 Å². The molecule has 0 fully saturated rings. The number of carbonyl (C=O) groups is 2. The van der Waals surface area contributed by atoms with Crippen LogP contribution in [-0.4, -0.2) is 29.6 Å². The number of ether oxygens (including phenoxy) is 1. The molecule has 7 nitrogen and oxygen atoms in total. The maximum Gasteiger partial charge on any atom is 0.326 e. The molecule has 0 aliphatic heterocycles. The minimum absolute atomic E-state index is 0.188. The molecule has 1 amide bonds. The van der Waals surface area contributed by atoms with Gasteiger partial charge in [0, 0.05) is 11.1 Å². The summed E-state index contributed by atoms with van der Waals surface area (Å²) in [5, 5.41) is 12.5. The van der Waals surface area contributed by atoms with Gasteiger partial charge in [-0.25, -0.2) is 4.79 Å². The van der Waals surface area contributed by atoms with Gasteiger partial charge >= 0.3 is 5.97 Å². The first kappa shape index (κ1) is 22.4. The van der Waals surface area contributed by atoms with Gasteiger partial charge in [-0.15, -0.1) is 0 Å². The SMILES string of the molecule is Cc1oc2cc(OCC(=O)N[C@H](C(=O)O)C(C)C)ccc2c(=O)c1-c1ccc(Cl)cc1. The third-order valence-electron chi connectivity index (χ3n) is 4.79. The minimum Gasteiger partial charge on any atom is -0.484 e. The van der Waals surface area contributed by atoms with Gasteiger partial charge in [0.15, 0.2) is 6.61 Å². The first-order chi connectivity index (χ1) is 14.7. The van der Waals surface area contributed by atoms with E-state index in [1.807, 2.05) is 0 Å². The van der Waals surface area contributed by atoms with E-state index in [0.29, 0.717) is 38.6 Å². The number of amides is 1. The normalized spacial score (nSPS) is 12.0. The molecule has 0 aliphatic rings. The average Bonchev–Trinajstić information content (AvgIpc) is 2.71. The molecule has 2 aromatic carbocycles. The van der Waals surface area contributed by atoms with Gasteiger partial charge in [-0.1, -0.05) is 37.6 Å². The van der Waals surface area contributed by atoms with E-state index in [0.717, 1.165) is 0 Å². The Labute approximate surface area is 183 Å². The molecular weight excluding hydrogens is 422 g/mol. The lowest BCUT2D eigenvalue weighted by Gasteiger charge is -2.18. The molecule has 0 aliphatic carbocycles. The Balaban J connectivity index is 1.81. The van der Waals surface area contributed by atoms with Gasteiger partial charge in [0.25, 0.3) is 5.91 Å². The average molecular weight is 444 g/mol. The third kappa shape index (κ3) is 5.06. The molecule has 3 rings (SSSR count). The predicted molar refractivity (Wildman–Crippen MR) is 118 cm³/mol. The van der Waals surface area contributed by atoms with Crippen molar-refractivity contribution in [3.05, 3.63) is 63.5 Å². The van der Waals surface area contributed by atoms with E-state index in [4.69, 9.17) is 25.9 Å². The van der Waals surface area contributed by atoms with E-state index in [-0.39, 0.29) is 18.0 Å². The van der Waals surface area contributed by atoms with Gasteiger partial charge in [-0.3, -0.25) is 9.59 Å². The second-order valence-corrected chi connectivity index (χ2v) is 7.88. The monoisotopic (exact) mass is 443 g/mol. The van der Waals surface area contributed by atoms with Gasteiger partial charge in [0.05, 0.1) is 10.9 Å². The van der Waals surface area contributed by atoms with Crippen molar-refractivity contribution in [1.82, 2.24) is 5.32 Å². The number of carbonyl (C=O) groups excluding carboxylic acids is 1. The van der Waals surface area contributed by atoms with Crippen LogP contribution in [0.2, 0.25) is 5.02 Å². The summed E-state index contributed by atoms with van der Waals surface area (Å²) in [7, 11) is 0. The van der Waals surface area contributed by atoms with Crippen LogP contribution >= 0.6 is 11.6 Å². The number of halogens is 1. The van der Waals surface area contributed by atoms with E-state index >= 15 is 0 Å². The fourth-order valence-electron chi connectivity index (χ4n) is 3.20. The number of hydrogen-bond acceptors (Lipinski definition) is 5. The number of carboxylic acids is 1. The Morgan fingerprint density at radius 1 is 1.16 bits per heavy atom. The van der Waals surface area contributed by atoms with Crippen LogP contribution in [0.5, 0.6) is 5.75 Å². The van der Waals surface area contributed by atoms with Crippen LogP contribution in [0.3, 0.4) is 0 Å². The topological polar surface area (TPSA) is 106 Å². The van der Waals surface area contributed by atoms with E-state index < -0.39 is 17.9 Å². The second kappa shape index (κ2) is 9.22. The molecule has 31 heavy (non-hydrogen) atoms. The summed E-state index contributed by atoms with van der Waals surface area (Å²) >= 11 is 5.93. The number of benzene rings is 2. The summed E-state index contributed by atoms with van der Waals surface area (Å²) in [6.07, 6.45) is 0. The zero-order chi connectivity index (χ0) is 22.7. The van der Waals surface area contributed by atoms with E-state index in [1.165, 1.54) is 6.07 Å². The van der Waals surface area contributed by atoms with Crippen LogP contribution in [0.4, 0.5) is 0 Å². The largest absolute Gasteiger partial charge is 0.484 e. The predicted octanol–water partition coefficient (Wildman–Crippen LogP) is 4.03. The highest BCUT2D eigenvalue weighted by molar-refractivity contribution is 6.30. The first-order valence-corrected chi connectivity index (χ1v) is 10.0. The summed E-state index contributed by atoms with van der Waals surface area (Å²) in [5.41, 5.74) is 1.29. The lowest BCUT2D eigenvalue weighted by Crippen LogP contribution is -2.46. The second-order valence-electron chi connectivity index (χ2n) is 7.44. The van der Waals surface area contributed by atoms with Gasteiger partial charge < -0.3 is 19.6 Å². The Bertz CT molecular complexity index is 1180. The Morgan fingerprint density at radius 2 is 1.84 bits per heavy atom. The van der Waals surface area contributed by atoms with Crippen molar-refractivity contribution in [3.63, 3.8) is 0 Å². The number of nitrogens with one attached hydrogen (secondary N) is 1. The molecule has 1 atom stereocenters. The number of aryl methyl sites for hydroxylation is 1. The molecule has 0 radical (unpaired) electrons. The highest BCUT2D eigenvalue weighted by Crippen LogP contribution is 2.27. The molecule has 2 N–H and O–H groups in total. The number of hydrogen-bond donors (Lipinski definition) is 2. The summed E-state index contributed by atoms with van der Waals surface area (Å²) in [6, 6.07) is 10.6. The zero-order valence-electron chi connectivity index (χ0n) is 17.3. The number of fused-ring (bicyclic) bond motifs is 1. The Morgan fingerprint density at radius 3 is 2.45 bits per heavy atom. The Hall–Kier alpha value is -3.32. The maximum absolute atomic E-state index is 13.0. The molecule has 8 heteroatoms. The molecule has 162 valence electrons. The molecule has 0 unspecified atom stereocenters. The maximum atomic E-state index is 13.0. The summed E-state index contributed by atoms with van der Waals surface area (Å²) < 4.78 is 11.3. The van der Waals surface area contributed by atoms with Gasteiger partial charge in [-0.05, 0) is 42.7 Å². The van der Waals surface area contributed by atoms with Gasteiger partial charge in [0.1, 0.15) is 23.1 Å². The van der Waals surface area contributed by atoms with Crippen molar-refractivity contribution in [2.24, 2.45) is 5.92 Å². The molecule has 1 heterocycles. The smallest absolute Gasteiger partial charge is 0.326 e. The molecule has 3 aromatic rings. The molecule has 0 saturated heterocycles. The van der Waals surface area contributed by atoms with Gasteiger partial charge in [0.2, 0.25) is 5.43 Å². The highest BCUT2D eigenvalue weighted by atomic mass is 35.5. The molecule has 0 saturated carbocycles. The molecule has 1 aromatic heterocycles. The van der Waals surface area contributed by atoms with Crippen molar-refractivity contribution >= 4 is 34.4 Å². The minimum atomic E-state index is -1.11. The molecular formula is C23H22ClNO6. The first-order valence-electron chi connectivity index (χ1n) is 9.65. The summed E-state index contributed by atoms with van der Waals surface area (Å²) in [5.74, 6) is -1.18. The van der Waals surface area contributed by atoms with Crippen LogP contribution in [0.1, 0.15) is 19.6 Å². The number of carboxylic acid groups (broad SMARTS) is 1. The van der Waals surface area contributed by atoms with Crippen LogP contribution in [0.25, 0.3) is 22.1 Å². The zero-order valence-corrected chi connectivity index (χ0v) is 18.0. The number of aliphatic carboxylic acids is 1. The van der Waals surface area contributed by atoms with E-state index in [9.17, 15) is 14.4 Å². The Kier molecular flexibility index (Phi) is 6.65. The van der Waals surface area contributed by atoms with E-state index in [1.54, 1.807) is 57.2 Å². The quantitative estimate of drug-likeness (QED) is 0.571. The summed E-state index contributed by atoms with van der Waals surface area (Å²) in [4.78, 5) is 36.3. The van der Waals surface area contributed by atoms with Crippen molar-refractivity contribution in [2.75, 3.05) is 6.61 Å². The standard InChI is InChI=1S/C23H22ClNO6/c1-12(2)21(23(28)29)25-19(26)11-30-16-8-9-17-18(10-16)31-13(3)20(22(17)27)14-4-6-15(24)7-5-14/h4-10,12,21H,11H2,1-3H3,(H,25,26)(H,28,29)/t21-/m0/s1. The van der Waals surface area contributed by atoms with Crippen LogP contribution in [0, 0.1) is 12.8 Å². The van der Waals surface area contributed by atoms with Crippen molar-refractivity contribution in [3.8, 4) is 16.9 Å². The van der Waals surface area contributed by atoms with Gasteiger partial charge in [-0.2, -0.15) is 0 Å². The summed E-state index contributed by atoms with van der Waals surface area (Å²) in [6.45, 7) is 4.73. The van der Waals surface area contributed by atoms with Crippen LogP contribution in [-0.2, 0) is 9.59 Å². The van der Waals surface area contributed by atoms with Crippen molar-refractivity contribution in [1.29, 1.82) is 0 Å². The molecule has 0 spiro atoms. The van der Waals surface area contributed by atoms with E-state index in [2.05, 4.69) is 5.32 Å². The lowest BCUT2D eigenvalue weighted by atomic mass is 10.0. The number of rotatable bonds is 7. The van der Waals surface area contributed by atoms with Crippen LogP contribution in [0.15, 0.2) is 51.7 Å². The third-order valence-corrected chi connectivity index (χ3v) is 5.04. The van der Waals surface area contributed by atoms with Crippen LogP contribution < -0.4 is 15.5 Å². The molecule has 0 bridgehead atoms. The lowest BCUT2D eigenvalue weighted by molar-refractivity contribution is -0.143.